The number of rotatable bonds is 6. The lowest BCUT2D eigenvalue weighted by Gasteiger charge is -2.25. The molecule has 1 amide bonds. The summed E-state index contributed by atoms with van der Waals surface area (Å²) in [5, 5.41) is 14.2. The van der Waals surface area contributed by atoms with Crippen molar-refractivity contribution < 1.29 is 9.72 Å². The van der Waals surface area contributed by atoms with Gasteiger partial charge in [-0.25, -0.2) is 0 Å². The standard InChI is InChI=1S/C13H20N4O3/c1-8-6-15-10(9(2)12(8)17(19)20)7-16-13(3,4)5-11(14)18/h6,16H,5,7H2,1-4H3,(H2,14,18). The van der Waals surface area contributed by atoms with Crippen molar-refractivity contribution >= 4 is 11.6 Å². The van der Waals surface area contributed by atoms with Crippen LogP contribution in [0.2, 0.25) is 0 Å². The average molecular weight is 280 g/mol. The van der Waals surface area contributed by atoms with Crippen LogP contribution in [0.15, 0.2) is 6.20 Å². The number of nitro groups is 1. The van der Waals surface area contributed by atoms with Crippen molar-refractivity contribution in [3.63, 3.8) is 0 Å². The summed E-state index contributed by atoms with van der Waals surface area (Å²) in [6.45, 7) is 7.36. The molecule has 0 aliphatic rings. The number of nitrogens with two attached hydrogens (primary N) is 1. The van der Waals surface area contributed by atoms with Gasteiger partial charge in [0.25, 0.3) is 5.69 Å². The Bertz CT molecular complexity index is 541. The smallest absolute Gasteiger partial charge is 0.278 e. The molecule has 0 radical (unpaired) electrons. The summed E-state index contributed by atoms with van der Waals surface area (Å²) in [5.41, 5.74) is 6.45. The van der Waals surface area contributed by atoms with Gasteiger partial charge < -0.3 is 11.1 Å². The van der Waals surface area contributed by atoms with Crippen LogP contribution in [0.5, 0.6) is 0 Å². The van der Waals surface area contributed by atoms with Crippen LogP contribution in [0.3, 0.4) is 0 Å². The maximum absolute atomic E-state index is 11.0. The molecule has 0 bridgehead atoms. The molecule has 0 saturated carbocycles. The summed E-state index contributed by atoms with van der Waals surface area (Å²) in [6, 6.07) is 0. The van der Waals surface area contributed by atoms with Crippen molar-refractivity contribution in [2.75, 3.05) is 0 Å². The number of primary amides is 1. The average Bonchev–Trinajstić information content (AvgIpc) is 2.25. The molecule has 7 nitrogen and oxygen atoms in total. The topological polar surface area (TPSA) is 111 Å². The van der Waals surface area contributed by atoms with E-state index < -0.39 is 16.4 Å². The number of nitrogens with zero attached hydrogens (tertiary/aromatic N) is 2. The Hall–Kier alpha value is -2.02. The molecule has 110 valence electrons. The summed E-state index contributed by atoms with van der Waals surface area (Å²) in [4.78, 5) is 25.8. The minimum absolute atomic E-state index is 0.0875. The Balaban J connectivity index is 2.92. The van der Waals surface area contributed by atoms with Gasteiger partial charge >= 0.3 is 0 Å². The van der Waals surface area contributed by atoms with E-state index in [0.717, 1.165) is 0 Å². The zero-order valence-electron chi connectivity index (χ0n) is 12.2. The van der Waals surface area contributed by atoms with Gasteiger partial charge in [-0.3, -0.25) is 19.9 Å². The molecule has 1 aromatic heterocycles. The second kappa shape index (κ2) is 5.96. The number of carbonyl (C=O) groups excluding carboxylic acids is 1. The first-order valence-corrected chi connectivity index (χ1v) is 6.27. The minimum atomic E-state index is -0.486. The van der Waals surface area contributed by atoms with E-state index in [9.17, 15) is 14.9 Å². The molecule has 0 fully saturated rings. The molecule has 0 aliphatic carbocycles. The van der Waals surface area contributed by atoms with Gasteiger partial charge in [-0.15, -0.1) is 0 Å². The van der Waals surface area contributed by atoms with E-state index >= 15 is 0 Å². The largest absolute Gasteiger partial charge is 0.370 e. The molecule has 0 spiro atoms. The third kappa shape index (κ3) is 3.99. The number of aryl methyl sites for hydroxylation is 1. The van der Waals surface area contributed by atoms with Crippen molar-refractivity contribution in [1.82, 2.24) is 10.3 Å². The highest BCUT2D eigenvalue weighted by atomic mass is 16.6. The molecule has 3 N–H and O–H groups in total. The molecule has 0 saturated heterocycles. The Morgan fingerprint density at radius 3 is 2.60 bits per heavy atom. The highest BCUT2D eigenvalue weighted by Gasteiger charge is 2.23. The first-order chi connectivity index (χ1) is 9.14. The molecule has 0 atom stereocenters. The quantitative estimate of drug-likeness (QED) is 0.603. The lowest BCUT2D eigenvalue weighted by atomic mass is 9.99. The van der Waals surface area contributed by atoms with Gasteiger partial charge in [0.15, 0.2) is 0 Å². The summed E-state index contributed by atoms with van der Waals surface area (Å²) >= 11 is 0. The Labute approximate surface area is 117 Å². The van der Waals surface area contributed by atoms with Crippen LogP contribution in [0.4, 0.5) is 5.69 Å². The van der Waals surface area contributed by atoms with Crippen molar-refractivity contribution in [3.8, 4) is 0 Å². The number of hydrogen-bond acceptors (Lipinski definition) is 5. The van der Waals surface area contributed by atoms with Gasteiger partial charge in [0.2, 0.25) is 5.91 Å². The first-order valence-electron chi connectivity index (χ1n) is 6.27. The monoisotopic (exact) mass is 280 g/mol. The van der Waals surface area contributed by atoms with E-state index in [4.69, 9.17) is 5.73 Å². The Morgan fingerprint density at radius 2 is 2.10 bits per heavy atom. The van der Waals surface area contributed by atoms with Gasteiger partial charge in [-0.1, -0.05) is 0 Å². The van der Waals surface area contributed by atoms with E-state index in [1.165, 1.54) is 6.20 Å². The predicted molar refractivity (Wildman–Crippen MR) is 75.1 cm³/mol. The minimum Gasteiger partial charge on any atom is -0.370 e. The zero-order valence-corrected chi connectivity index (χ0v) is 12.2. The second-order valence-corrected chi connectivity index (χ2v) is 5.50. The lowest BCUT2D eigenvalue weighted by Crippen LogP contribution is -2.42. The molecule has 0 unspecified atom stereocenters. The maximum Gasteiger partial charge on any atom is 0.278 e. The normalized spacial score (nSPS) is 11.4. The number of aromatic nitrogens is 1. The van der Waals surface area contributed by atoms with Crippen molar-refractivity contribution in [2.24, 2.45) is 5.73 Å². The third-order valence-corrected chi connectivity index (χ3v) is 3.11. The molecular formula is C13H20N4O3. The number of hydrogen-bond donors (Lipinski definition) is 2. The fourth-order valence-electron chi connectivity index (χ4n) is 2.05. The van der Waals surface area contributed by atoms with E-state index in [0.29, 0.717) is 23.4 Å². The molecule has 20 heavy (non-hydrogen) atoms. The fraction of sp³-hybridized carbons (Fsp3) is 0.538. The van der Waals surface area contributed by atoms with Crippen LogP contribution < -0.4 is 11.1 Å². The Kier molecular flexibility index (Phi) is 4.78. The molecule has 1 heterocycles. The Morgan fingerprint density at radius 1 is 1.50 bits per heavy atom. The second-order valence-electron chi connectivity index (χ2n) is 5.50. The van der Waals surface area contributed by atoms with Crippen LogP contribution in [0.1, 0.15) is 37.1 Å². The molecule has 0 aromatic carbocycles. The van der Waals surface area contributed by atoms with Crippen LogP contribution in [-0.4, -0.2) is 21.4 Å². The number of carbonyl (C=O) groups is 1. The van der Waals surface area contributed by atoms with Crippen molar-refractivity contribution in [2.45, 2.75) is 46.2 Å². The van der Waals surface area contributed by atoms with Crippen LogP contribution >= 0.6 is 0 Å². The van der Waals surface area contributed by atoms with Crippen molar-refractivity contribution in [1.29, 1.82) is 0 Å². The highest BCUT2D eigenvalue weighted by Crippen LogP contribution is 2.24. The summed E-state index contributed by atoms with van der Waals surface area (Å²) < 4.78 is 0. The maximum atomic E-state index is 11.0. The van der Waals surface area contributed by atoms with Gasteiger partial charge in [0, 0.05) is 35.8 Å². The molecule has 7 heteroatoms. The predicted octanol–water partition coefficient (Wildman–Crippen LogP) is 1.35. The first kappa shape index (κ1) is 16.0. The van der Waals surface area contributed by atoms with Crippen LogP contribution in [0.25, 0.3) is 0 Å². The number of pyridine rings is 1. The molecule has 1 aromatic rings. The zero-order chi connectivity index (χ0) is 15.5. The fourth-order valence-corrected chi connectivity index (χ4v) is 2.05. The van der Waals surface area contributed by atoms with E-state index in [1.807, 2.05) is 13.8 Å². The summed E-state index contributed by atoms with van der Waals surface area (Å²) in [6.07, 6.45) is 1.67. The van der Waals surface area contributed by atoms with Gasteiger partial charge in [0.05, 0.1) is 10.6 Å². The van der Waals surface area contributed by atoms with E-state index in [-0.39, 0.29) is 12.1 Å². The van der Waals surface area contributed by atoms with E-state index in [2.05, 4.69) is 10.3 Å². The molecule has 1 rings (SSSR count). The van der Waals surface area contributed by atoms with E-state index in [1.54, 1.807) is 13.8 Å². The highest BCUT2D eigenvalue weighted by molar-refractivity contribution is 5.75. The SMILES string of the molecule is Cc1cnc(CNC(C)(C)CC(N)=O)c(C)c1[N+](=O)[O-]. The van der Waals surface area contributed by atoms with Crippen molar-refractivity contribution in [3.05, 3.63) is 33.1 Å². The van der Waals surface area contributed by atoms with Gasteiger partial charge in [0.1, 0.15) is 0 Å². The molecule has 0 aliphatic heterocycles. The molecular weight excluding hydrogens is 260 g/mol. The number of nitrogens with one attached hydrogen (secondary N) is 1. The van der Waals surface area contributed by atoms with Crippen LogP contribution in [0, 0.1) is 24.0 Å². The lowest BCUT2D eigenvalue weighted by molar-refractivity contribution is -0.386. The van der Waals surface area contributed by atoms with Crippen LogP contribution in [-0.2, 0) is 11.3 Å². The van der Waals surface area contributed by atoms with Gasteiger partial charge in [-0.2, -0.15) is 0 Å². The van der Waals surface area contributed by atoms with Gasteiger partial charge in [-0.05, 0) is 27.7 Å². The third-order valence-electron chi connectivity index (χ3n) is 3.11. The summed E-state index contributed by atoms with van der Waals surface area (Å²) in [5.74, 6) is -0.401. The summed E-state index contributed by atoms with van der Waals surface area (Å²) in [7, 11) is 0. The number of amides is 1.